The highest BCUT2D eigenvalue weighted by molar-refractivity contribution is 6.04. The zero-order valence-electron chi connectivity index (χ0n) is 16.2. The van der Waals surface area contributed by atoms with E-state index < -0.39 is 0 Å². The standard InChI is InChI=1S/C21H24N6O/c1-16-9-10-23-27(16)19-6-3-17(4-7-19)21(28)24-18-5-8-20(22-15-18)26-13-11-25(2)12-14-26/h3-10,15H,11-14H2,1-2H3,(H,24,28). The lowest BCUT2D eigenvalue weighted by atomic mass is 10.2. The summed E-state index contributed by atoms with van der Waals surface area (Å²) in [5.41, 5.74) is 3.26. The summed E-state index contributed by atoms with van der Waals surface area (Å²) in [6.07, 6.45) is 3.47. The van der Waals surface area contributed by atoms with Gasteiger partial charge in [0.05, 0.1) is 17.6 Å². The maximum absolute atomic E-state index is 12.5. The number of aryl methyl sites for hydroxylation is 1. The molecule has 1 N–H and O–H groups in total. The monoisotopic (exact) mass is 376 g/mol. The van der Waals surface area contributed by atoms with Crippen molar-refractivity contribution >= 4 is 17.4 Å². The van der Waals surface area contributed by atoms with Crippen LogP contribution in [0.25, 0.3) is 5.69 Å². The molecule has 0 unspecified atom stereocenters. The molecule has 1 aliphatic heterocycles. The Morgan fingerprint density at radius 1 is 1.00 bits per heavy atom. The van der Waals surface area contributed by atoms with Gasteiger partial charge in [-0.3, -0.25) is 4.79 Å². The van der Waals surface area contributed by atoms with E-state index in [0.29, 0.717) is 11.3 Å². The first-order chi connectivity index (χ1) is 13.6. The molecule has 1 amide bonds. The molecule has 3 heterocycles. The van der Waals surface area contributed by atoms with Gasteiger partial charge in [0.25, 0.3) is 5.91 Å². The molecule has 28 heavy (non-hydrogen) atoms. The van der Waals surface area contributed by atoms with Gasteiger partial charge in [-0.1, -0.05) is 0 Å². The average molecular weight is 376 g/mol. The van der Waals surface area contributed by atoms with Crippen LogP contribution >= 0.6 is 0 Å². The van der Waals surface area contributed by atoms with E-state index in [1.165, 1.54) is 0 Å². The third kappa shape index (κ3) is 3.89. The van der Waals surface area contributed by atoms with Crippen LogP contribution in [0.15, 0.2) is 54.9 Å². The van der Waals surface area contributed by atoms with Crippen molar-refractivity contribution in [1.29, 1.82) is 0 Å². The second kappa shape index (κ2) is 7.82. The largest absolute Gasteiger partial charge is 0.354 e. The minimum absolute atomic E-state index is 0.155. The number of nitrogens with one attached hydrogen (secondary N) is 1. The topological polar surface area (TPSA) is 66.3 Å². The molecule has 1 saturated heterocycles. The summed E-state index contributed by atoms with van der Waals surface area (Å²) in [7, 11) is 2.13. The van der Waals surface area contributed by atoms with Crippen molar-refractivity contribution in [2.75, 3.05) is 43.4 Å². The highest BCUT2D eigenvalue weighted by atomic mass is 16.1. The summed E-state index contributed by atoms with van der Waals surface area (Å²) in [5.74, 6) is 0.794. The normalized spacial score (nSPS) is 14.9. The Balaban J connectivity index is 1.40. The van der Waals surface area contributed by atoms with Crippen molar-refractivity contribution < 1.29 is 4.79 Å². The number of pyridine rings is 1. The van der Waals surface area contributed by atoms with Crippen molar-refractivity contribution in [3.63, 3.8) is 0 Å². The number of hydrogen-bond acceptors (Lipinski definition) is 5. The zero-order valence-corrected chi connectivity index (χ0v) is 16.2. The van der Waals surface area contributed by atoms with E-state index in [0.717, 1.165) is 43.4 Å². The summed E-state index contributed by atoms with van der Waals surface area (Å²) < 4.78 is 1.84. The molecule has 1 fully saturated rings. The van der Waals surface area contributed by atoms with E-state index in [9.17, 15) is 4.79 Å². The lowest BCUT2D eigenvalue weighted by Gasteiger charge is -2.33. The van der Waals surface area contributed by atoms with E-state index in [1.54, 1.807) is 24.5 Å². The van der Waals surface area contributed by atoms with E-state index in [4.69, 9.17) is 0 Å². The molecule has 3 aromatic rings. The number of carbonyl (C=O) groups excluding carboxylic acids is 1. The van der Waals surface area contributed by atoms with Crippen LogP contribution in [0.3, 0.4) is 0 Å². The van der Waals surface area contributed by atoms with Gasteiger partial charge in [-0.2, -0.15) is 5.10 Å². The molecule has 1 aromatic carbocycles. The summed E-state index contributed by atoms with van der Waals surface area (Å²) in [6.45, 7) is 6.00. The molecule has 0 radical (unpaired) electrons. The molecule has 2 aromatic heterocycles. The number of piperazine rings is 1. The molecule has 0 atom stereocenters. The number of carbonyl (C=O) groups is 1. The fourth-order valence-electron chi connectivity index (χ4n) is 3.28. The van der Waals surface area contributed by atoms with Crippen LogP contribution in [0, 0.1) is 6.92 Å². The Hall–Kier alpha value is -3.19. The number of nitrogens with zero attached hydrogens (tertiary/aromatic N) is 5. The molecule has 0 spiro atoms. The SMILES string of the molecule is Cc1ccnn1-c1ccc(C(=O)Nc2ccc(N3CCN(C)CC3)nc2)cc1. The van der Waals surface area contributed by atoms with Gasteiger partial charge in [-0.25, -0.2) is 9.67 Å². The summed E-state index contributed by atoms with van der Waals surface area (Å²) in [4.78, 5) is 21.6. The van der Waals surface area contributed by atoms with Gasteiger partial charge < -0.3 is 15.1 Å². The molecule has 144 valence electrons. The fraction of sp³-hybridized carbons (Fsp3) is 0.286. The molecule has 0 saturated carbocycles. The Morgan fingerprint density at radius 2 is 1.75 bits per heavy atom. The van der Waals surface area contributed by atoms with Gasteiger partial charge in [0.1, 0.15) is 5.82 Å². The fourth-order valence-corrected chi connectivity index (χ4v) is 3.28. The highest BCUT2D eigenvalue weighted by Gasteiger charge is 2.15. The molecule has 1 aliphatic rings. The number of benzene rings is 1. The number of hydrogen-bond donors (Lipinski definition) is 1. The highest BCUT2D eigenvalue weighted by Crippen LogP contribution is 2.17. The third-order valence-corrected chi connectivity index (χ3v) is 5.04. The van der Waals surface area contributed by atoms with Crippen LogP contribution in [0.4, 0.5) is 11.5 Å². The van der Waals surface area contributed by atoms with Crippen molar-refractivity contribution in [3.8, 4) is 5.69 Å². The Bertz CT molecular complexity index is 940. The van der Waals surface area contributed by atoms with E-state index >= 15 is 0 Å². The quantitative estimate of drug-likeness (QED) is 0.758. The minimum atomic E-state index is -0.155. The van der Waals surface area contributed by atoms with Crippen LogP contribution in [0.1, 0.15) is 16.1 Å². The van der Waals surface area contributed by atoms with Crippen LogP contribution in [-0.2, 0) is 0 Å². The Kier molecular flexibility index (Phi) is 5.08. The van der Waals surface area contributed by atoms with Gasteiger partial charge in [-0.15, -0.1) is 0 Å². The van der Waals surface area contributed by atoms with E-state index in [-0.39, 0.29) is 5.91 Å². The smallest absolute Gasteiger partial charge is 0.255 e. The number of rotatable bonds is 4. The minimum Gasteiger partial charge on any atom is -0.354 e. The first kappa shape index (κ1) is 18.2. The predicted molar refractivity (Wildman–Crippen MR) is 110 cm³/mol. The maximum atomic E-state index is 12.5. The molecule has 7 nitrogen and oxygen atoms in total. The third-order valence-electron chi connectivity index (χ3n) is 5.04. The van der Waals surface area contributed by atoms with Crippen LogP contribution < -0.4 is 10.2 Å². The lowest BCUT2D eigenvalue weighted by molar-refractivity contribution is 0.102. The number of amides is 1. The molecular formula is C21H24N6O. The average Bonchev–Trinajstić information content (AvgIpc) is 3.15. The van der Waals surface area contributed by atoms with Gasteiger partial charge in [0.15, 0.2) is 0 Å². The zero-order chi connectivity index (χ0) is 19.5. The van der Waals surface area contributed by atoms with Crippen molar-refractivity contribution in [2.24, 2.45) is 0 Å². The molecular weight excluding hydrogens is 352 g/mol. The van der Waals surface area contributed by atoms with Gasteiger partial charge in [0, 0.05) is 43.6 Å². The van der Waals surface area contributed by atoms with Gasteiger partial charge in [-0.05, 0) is 56.4 Å². The number of likely N-dealkylation sites (N-methyl/N-ethyl adjacent to an activating group) is 1. The van der Waals surface area contributed by atoms with E-state index in [1.807, 2.05) is 41.9 Å². The summed E-state index contributed by atoms with van der Waals surface area (Å²) in [5, 5.41) is 7.19. The Morgan fingerprint density at radius 3 is 2.36 bits per heavy atom. The van der Waals surface area contributed by atoms with Crippen LogP contribution in [0.2, 0.25) is 0 Å². The number of anilines is 2. The van der Waals surface area contributed by atoms with Gasteiger partial charge in [0.2, 0.25) is 0 Å². The number of aromatic nitrogens is 3. The second-order valence-corrected chi connectivity index (χ2v) is 7.08. The van der Waals surface area contributed by atoms with Crippen molar-refractivity contribution in [2.45, 2.75) is 6.92 Å². The van der Waals surface area contributed by atoms with Crippen LogP contribution in [-0.4, -0.2) is 58.8 Å². The first-order valence-electron chi connectivity index (χ1n) is 9.42. The van der Waals surface area contributed by atoms with Gasteiger partial charge >= 0.3 is 0 Å². The van der Waals surface area contributed by atoms with E-state index in [2.05, 4.69) is 32.2 Å². The molecule has 7 heteroatoms. The predicted octanol–water partition coefficient (Wildman–Crippen LogP) is 2.58. The lowest BCUT2D eigenvalue weighted by Crippen LogP contribution is -2.44. The van der Waals surface area contributed by atoms with Crippen molar-refractivity contribution in [1.82, 2.24) is 19.7 Å². The second-order valence-electron chi connectivity index (χ2n) is 7.08. The molecule has 0 bridgehead atoms. The van der Waals surface area contributed by atoms with Crippen molar-refractivity contribution in [3.05, 3.63) is 66.1 Å². The van der Waals surface area contributed by atoms with Crippen LogP contribution in [0.5, 0.6) is 0 Å². The maximum Gasteiger partial charge on any atom is 0.255 e. The summed E-state index contributed by atoms with van der Waals surface area (Å²) in [6, 6.07) is 13.2. The first-order valence-corrected chi connectivity index (χ1v) is 9.42. The Labute approximate surface area is 164 Å². The summed E-state index contributed by atoms with van der Waals surface area (Å²) >= 11 is 0. The molecule has 0 aliphatic carbocycles. The molecule has 4 rings (SSSR count).